The van der Waals surface area contributed by atoms with E-state index in [0.29, 0.717) is 5.96 Å². The lowest BCUT2D eigenvalue weighted by molar-refractivity contribution is -0.138. The lowest BCUT2D eigenvalue weighted by atomic mass is 10.2. The SMILES string of the molecule is N=C[P+](O)(O)CC[C@H](N)C(=O)O. The van der Waals surface area contributed by atoms with Crippen molar-refractivity contribution in [2.75, 3.05) is 6.16 Å². The summed E-state index contributed by atoms with van der Waals surface area (Å²) in [6.07, 6.45) is -0.185. The van der Waals surface area contributed by atoms with Gasteiger partial charge in [-0.3, -0.25) is 10.2 Å². The van der Waals surface area contributed by atoms with Crippen LogP contribution < -0.4 is 5.73 Å². The molecule has 0 bridgehead atoms. The Morgan fingerprint density at radius 1 is 1.67 bits per heavy atom. The molecule has 0 saturated carbocycles. The zero-order chi connectivity index (χ0) is 9.78. The quantitative estimate of drug-likeness (QED) is 0.290. The van der Waals surface area contributed by atoms with E-state index in [-0.39, 0.29) is 12.6 Å². The first-order chi connectivity index (χ1) is 5.39. The molecule has 0 aromatic rings. The molecule has 0 aliphatic rings. The molecule has 0 amide bonds. The molecule has 0 fully saturated rings. The molecule has 70 valence electrons. The summed E-state index contributed by atoms with van der Waals surface area (Å²) < 4.78 is 0. The van der Waals surface area contributed by atoms with Gasteiger partial charge in [0.2, 0.25) is 0 Å². The van der Waals surface area contributed by atoms with Crippen molar-refractivity contribution in [3.8, 4) is 0 Å². The van der Waals surface area contributed by atoms with Crippen molar-refractivity contribution in [1.82, 2.24) is 0 Å². The van der Waals surface area contributed by atoms with Gasteiger partial charge < -0.3 is 10.8 Å². The average molecular weight is 195 g/mol. The smallest absolute Gasteiger partial charge is 0.320 e. The highest BCUT2D eigenvalue weighted by atomic mass is 31.2. The van der Waals surface area contributed by atoms with Gasteiger partial charge in [-0.05, 0) is 0 Å². The summed E-state index contributed by atoms with van der Waals surface area (Å²) in [5, 5.41) is 14.9. The van der Waals surface area contributed by atoms with Crippen LogP contribution in [0.15, 0.2) is 0 Å². The third-order valence-electron chi connectivity index (χ3n) is 1.29. The second-order valence-electron chi connectivity index (χ2n) is 2.37. The fourth-order valence-corrected chi connectivity index (χ4v) is 1.30. The van der Waals surface area contributed by atoms with Gasteiger partial charge in [-0.15, -0.1) is 0 Å². The molecule has 0 saturated heterocycles. The molecule has 1 atom stereocenters. The number of hydrogen-bond acceptors (Lipinski definition) is 5. The van der Waals surface area contributed by atoms with Crippen LogP contribution in [0.1, 0.15) is 6.42 Å². The third-order valence-corrected chi connectivity index (χ3v) is 2.62. The Morgan fingerprint density at radius 2 is 2.17 bits per heavy atom. The minimum atomic E-state index is -3.32. The number of hydrogen-bond donors (Lipinski definition) is 5. The molecule has 0 unspecified atom stereocenters. The van der Waals surface area contributed by atoms with Crippen molar-refractivity contribution < 1.29 is 19.7 Å². The molecule has 12 heavy (non-hydrogen) atoms. The Bertz CT molecular complexity index is 184. The lowest BCUT2D eigenvalue weighted by Crippen LogP contribution is -2.31. The number of carboxylic acids is 1. The molecular formula is C5H12N2O4P+. The van der Waals surface area contributed by atoms with Gasteiger partial charge in [0.15, 0.2) is 5.96 Å². The van der Waals surface area contributed by atoms with Crippen LogP contribution in [0, 0.1) is 5.41 Å². The van der Waals surface area contributed by atoms with E-state index < -0.39 is 19.7 Å². The van der Waals surface area contributed by atoms with Gasteiger partial charge in [0.05, 0.1) is 0 Å². The highest BCUT2D eigenvalue weighted by molar-refractivity contribution is 7.79. The van der Waals surface area contributed by atoms with Crippen molar-refractivity contribution in [2.45, 2.75) is 12.5 Å². The van der Waals surface area contributed by atoms with E-state index in [0.717, 1.165) is 0 Å². The second-order valence-corrected chi connectivity index (χ2v) is 4.65. The molecular weight excluding hydrogens is 183 g/mol. The van der Waals surface area contributed by atoms with Crippen molar-refractivity contribution in [1.29, 1.82) is 5.41 Å². The van der Waals surface area contributed by atoms with E-state index in [1.807, 2.05) is 0 Å². The highest BCUT2D eigenvalue weighted by Crippen LogP contribution is 2.46. The van der Waals surface area contributed by atoms with Gasteiger partial charge >= 0.3 is 13.7 Å². The number of nitrogens with one attached hydrogen (secondary N) is 1. The van der Waals surface area contributed by atoms with Gasteiger partial charge in [0, 0.05) is 6.42 Å². The lowest BCUT2D eigenvalue weighted by Gasteiger charge is -2.08. The first-order valence-corrected chi connectivity index (χ1v) is 5.17. The minimum Gasteiger partial charge on any atom is -0.480 e. The summed E-state index contributed by atoms with van der Waals surface area (Å²) in [6, 6.07) is -1.09. The van der Waals surface area contributed by atoms with Crippen LogP contribution in [0.5, 0.6) is 0 Å². The molecule has 0 rings (SSSR count). The van der Waals surface area contributed by atoms with Crippen LogP contribution in [0.3, 0.4) is 0 Å². The van der Waals surface area contributed by atoms with Gasteiger partial charge in [0.25, 0.3) is 0 Å². The van der Waals surface area contributed by atoms with E-state index in [2.05, 4.69) is 0 Å². The van der Waals surface area contributed by atoms with Crippen LogP contribution in [-0.2, 0) is 4.79 Å². The molecule has 6 nitrogen and oxygen atoms in total. The highest BCUT2D eigenvalue weighted by Gasteiger charge is 2.31. The number of nitrogens with two attached hydrogens (primary N) is 1. The molecule has 0 aromatic heterocycles. The second kappa shape index (κ2) is 4.47. The molecule has 0 spiro atoms. The molecule has 0 radical (unpaired) electrons. The van der Waals surface area contributed by atoms with E-state index in [9.17, 15) is 4.79 Å². The number of carboxylic acid groups (broad SMARTS) is 1. The normalized spacial score (nSPS) is 13.9. The van der Waals surface area contributed by atoms with E-state index in [1.54, 1.807) is 0 Å². The first kappa shape index (κ1) is 11.4. The Morgan fingerprint density at radius 3 is 2.50 bits per heavy atom. The maximum Gasteiger partial charge on any atom is 0.320 e. The van der Waals surface area contributed by atoms with E-state index >= 15 is 0 Å². The van der Waals surface area contributed by atoms with Gasteiger partial charge in [0.1, 0.15) is 12.2 Å². The fraction of sp³-hybridized carbons (Fsp3) is 0.600. The van der Waals surface area contributed by atoms with Crippen molar-refractivity contribution in [3.63, 3.8) is 0 Å². The van der Waals surface area contributed by atoms with Crippen molar-refractivity contribution >= 4 is 19.6 Å². The standard InChI is InChI=1S/C5H11N2O4P/c6-3-12(10,11)2-1-4(7)5(8)9/h3-4,6,10-11H,1-2,7H2/p+1/t4-/m0/s1. The van der Waals surface area contributed by atoms with Gasteiger partial charge in [-0.1, -0.05) is 0 Å². The molecule has 0 aliphatic heterocycles. The Balaban J connectivity index is 3.83. The third kappa shape index (κ3) is 4.35. The predicted octanol–water partition coefficient (Wildman–Crippen LogP) is -0.772. The van der Waals surface area contributed by atoms with Crippen molar-refractivity contribution in [3.05, 3.63) is 0 Å². The number of aliphatic carboxylic acids is 1. The van der Waals surface area contributed by atoms with Gasteiger partial charge in [-0.25, -0.2) is 9.79 Å². The minimum absolute atomic E-state index is 0.0362. The maximum absolute atomic E-state index is 10.2. The Labute approximate surface area is 70.0 Å². The Hall–Kier alpha value is -0.550. The first-order valence-electron chi connectivity index (χ1n) is 3.22. The van der Waals surface area contributed by atoms with Gasteiger partial charge in [-0.2, -0.15) is 0 Å². The molecule has 0 aromatic carbocycles. The topological polar surface area (TPSA) is 128 Å². The summed E-state index contributed by atoms with van der Waals surface area (Å²) in [7, 11) is -3.32. The summed E-state index contributed by atoms with van der Waals surface area (Å²) in [5.74, 6) is -0.637. The zero-order valence-electron chi connectivity index (χ0n) is 6.34. The van der Waals surface area contributed by atoms with Crippen molar-refractivity contribution in [2.24, 2.45) is 5.73 Å². The van der Waals surface area contributed by atoms with Crippen LogP contribution in [0.2, 0.25) is 0 Å². The summed E-state index contributed by atoms with van der Waals surface area (Å²) in [5.41, 5.74) is 5.10. The summed E-state index contributed by atoms with van der Waals surface area (Å²) in [4.78, 5) is 28.0. The molecule has 0 aliphatic carbocycles. The number of carbonyl (C=O) groups is 1. The fourth-order valence-electron chi connectivity index (χ4n) is 0.517. The average Bonchev–Trinajstić information content (AvgIpc) is 2.00. The molecule has 0 heterocycles. The van der Waals surface area contributed by atoms with Crippen LogP contribution in [-0.4, -0.2) is 39.0 Å². The van der Waals surface area contributed by atoms with E-state index in [1.165, 1.54) is 0 Å². The zero-order valence-corrected chi connectivity index (χ0v) is 7.24. The molecule has 7 heteroatoms. The van der Waals surface area contributed by atoms with Crippen LogP contribution in [0.25, 0.3) is 0 Å². The Kier molecular flexibility index (Phi) is 4.26. The summed E-state index contributed by atoms with van der Waals surface area (Å²) >= 11 is 0. The van der Waals surface area contributed by atoms with Crippen LogP contribution in [0.4, 0.5) is 0 Å². The van der Waals surface area contributed by atoms with Crippen LogP contribution >= 0.6 is 7.72 Å². The predicted molar refractivity (Wildman–Crippen MR) is 45.2 cm³/mol. The summed E-state index contributed by atoms with van der Waals surface area (Å²) in [6.45, 7) is 0. The largest absolute Gasteiger partial charge is 0.480 e. The monoisotopic (exact) mass is 195 g/mol. The van der Waals surface area contributed by atoms with E-state index in [4.69, 9.17) is 26.0 Å². The maximum atomic E-state index is 10.2. The molecule has 6 N–H and O–H groups in total. The number of rotatable bonds is 5.